The van der Waals surface area contributed by atoms with Crippen LogP contribution in [0.3, 0.4) is 0 Å². The number of nitriles is 1. The largest absolute Gasteiger partial charge is 0.494 e. The molecule has 0 fully saturated rings. The first-order valence-corrected chi connectivity index (χ1v) is 10.4. The molecule has 3 aromatic rings. The summed E-state index contributed by atoms with van der Waals surface area (Å²) in [5.74, 6) is -0.116. The van der Waals surface area contributed by atoms with Crippen LogP contribution in [0.2, 0.25) is 0 Å². The van der Waals surface area contributed by atoms with Gasteiger partial charge in [-0.2, -0.15) is 5.26 Å². The summed E-state index contributed by atoms with van der Waals surface area (Å²) in [6.45, 7) is 6.18. The molecule has 0 aliphatic carbocycles. The predicted octanol–water partition coefficient (Wildman–Crippen LogP) is 5.98. The third-order valence-corrected chi connectivity index (χ3v) is 4.99. The fourth-order valence-corrected chi connectivity index (χ4v) is 3.34. The Labute approximate surface area is 188 Å². The number of hydrogen-bond donors (Lipinski definition) is 1. The molecule has 0 bridgehead atoms. The average molecular weight is 429 g/mol. The molecule has 4 nitrogen and oxygen atoms in total. The van der Waals surface area contributed by atoms with Gasteiger partial charge in [-0.05, 0) is 78.9 Å². The van der Waals surface area contributed by atoms with Crippen molar-refractivity contribution in [3.8, 4) is 11.8 Å². The minimum absolute atomic E-state index is 0.00812. The van der Waals surface area contributed by atoms with Crippen molar-refractivity contribution in [2.24, 2.45) is 0 Å². The Hall–Kier alpha value is -3.91. The molecule has 0 spiro atoms. The highest BCUT2D eigenvalue weighted by Crippen LogP contribution is 2.25. The van der Waals surface area contributed by atoms with E-state index in [4.69, 9.17) is 4.74 Å². The molecule has 32 heavy (non-hydrogen) atoms. The lowest BCUT2D eigenvalue weighted by Gasteiger charge is -2.12. The molecule has 0 unspecified atom stereocenters. The summed E-state index contributed by atoms with van der Waals surface area (Å²) in [6, 6.07) is 19.7. The summed E-state index contributed by atoms with van der Waals surface area (Å²) in [4.78, 5) is 12.7. The van der Waals surface area contributed by atoms with E-state index in [0.717, 1.165) is 22.3 Å². The van der Waals surface area contributed by atoms with Crippen molar-refractivity contribution in [1.29, 1.82) is 5.26 Å². The fraction of sp³-hybridized carbons (Fsp3) is 0.185. The highest BCUT2D eigenvalue weighted by Gasteiger charge is 2.13. The number of aryl methyl sites for hydroxylation is 2. The molecule has 0 aromatic heterocycles. The topological polar surface area (TPSA) is 62.1 Å². The van der Waals surface area contributed by atoms with Crippen molar-refractivity contribution in [3.05, 3.63) is 99.9 Å². The summed E-state index contributed by atoms with van der Waals surface area (Å²) < 4.78 is 19.3. The highest BCUT2D eigenvalue weighted by atomic mass is 19.1. The lowest BCUT2D eigenvalue weighted by atomic mass is 10.0. The number of nitrogens with zero attached hydrogens (tertiary/aromatic N) is 1. The second kappa shape index (κ2) is 10.4. The van der Waals surface area contributed by atoms with Crippen LogP contribution < -0.4 is 10.1 Å². The zero-order valence-electron chi connectivity index (χ0n) is 18.4. The Morgan fingerprint density at radius 2 is 1.94 bits per heavy atom. The maximum Gasteiger partial charge on any atom is 0.266 e. The number of carbonyl (C=O) groups excluding carboxylic acids is 1. The quantitative estimate of drug-likeness (QED) is 0.372. The third kappa shape index (κ3) is 5.83. The van der Waals surface area contributed by atoms with Gasteiger partial charge in [-0.1, -0.05) is 36.4 Å². The minimum Gasteiger partial charge on any atom is -0.494 e. The molecule has 0 aliphatic heterocycles. The number of anilines is 1. The van der Waals surface area contributed by atoms with E-state index >= 15 is 0 Å². The second-order valence-electron chi connectivity index (χ2n) is 7.55. The molecule has 0 aliphatic rings. The summed E-state index contributed by atoms with van der Waals surface area (Å²) in [5.41, 5.74) is 5.00. The number of carbonyl (C=O) groups is 1. The standard InChI is InChI=1S/C27H25FN2O2/c1-4-32-26-16-21(10-11-22(26)13-20-6-5-7-24(28)15-20)14-23(17-29)27(31)30-25-12-18(2)8-9-19(25)3/h5-12,14-16H,4,13H2,1-3H3,(H,30,31)/b23-14+. The number of hydrogen-bond acceptors (Lipinski definition) is 3. The van der Waals surface area contributed by atoms with E-state index in [2.05, 4.69) is 5.32 Å². The molecule has 0 saturated carbocycles. The third-order valence-electron chi connectivity index (χ3n) is 4.99. The Bertz CT molecular complexity index is 1210. The maximum absolute atomic E-state index is 13.5. The number of rotatable bonds is 7. The SMILES string of the molecule is CCOc1cc(/C=C(\C#N)C(=O)Nc2cc(C)ccc2C)ccc1Cc1cccc(F)c1. The van der Waals surface area contributed by atoms with Crippen LogP contribution >= 0.6 is 0 Å². The van der Waals surface area contributed by atoms with Gasteiger partial charge >= 0.3 is 0 Å². The first-order valence-electron chi connectivity index (χ1n) is 10.4. The average Bonchev–Trinajstić information content (AvgIpc) is 2.76. The van der Waals surface area contributed by atoms with Gasteiger partial charge in [-0.15, -0.1) is 0 Å². The summed E-state index contributed by atoms with van der Waals surface area (Å²) in [6.07, 6.45) is 2.05. The zero-order chi connectivity index (χ0) is 23.1. The molecule has 5 heteroatoms. The van der Waals surface area contributed by atoms with Crippen LogP contribution in [-0.4, -0.2) is 12.5 Å². The van der Waals surface area contributed by atoms with Gasteiger partial charge in [0.1, 0.15) is 23.2 Å². The number of halogens is 1. The van der Waals surface area contributed by atoms with E-state index in [1.54, 1.807) is 12.1 Å². The van der Waals surface area contributed by atoms with Gasteiger partial charge in [-0.3, -0.25) is 4.79 Å². The minimum atomic E-state index is -0.469. The van der Waals surface area contributed by atoms with Gasteiger partial charge in [0, 0.05) is 12.1 Å². The molecule has 0 heterocycles. The molecule has 1 N–H and O–H groups in total. The van der Waals surface area contributed by atoms with E-state index in [1.165, 1.54) is 18.2 Å². The molecule has 0 radical (unpaired) electrons. The van der Waals surface area contributed by atoms with Crippen LogP contribution in [0, 0.1) is 31.0 Å². The molecular weight excluding hydrogens is 403 g/mol. The molecular formula is C27H25FN2O2. The molecule has 3 aromatic carbocycles. The van der Waals surface area contributed by atoms with Gasteiger partial charge < -0.3 is 10.1 Å². The maximum atomic E-state index is 13.5. The molecule has 1 amide bonds. The van der Waals surface area contributed by atoms with Crippen LogP contribution in [0.15, 0.2) is 66.2 Å². The van der Waals surface area contributed by atoms with E-state index in [0.29, 0.717) is 30.0 Å². The number of amides is 1. The van der Waals surface area contributed by atoms with E-state index in [-0.39, 0.29) is 11.4 Å². The summed E-state index contributed by atoms with van der Waals surface area (Å²) >= 11 is 0. The van der Waals surface area contributed by atoms with Crippen LogP contribution in [0.25, 0.3) is 6.08 Å². The lowest BCUT2D eigenvalue weighted by Crippen LogP contribution is -2.14. The molecule has 0 atom stereocenters. The monoisotopic (exact) mass is 428 g/mol. The van der Waals surface area contributed by atoms with Crippen molar-refractivity contribution in [2.75, 3.05) is 11.9 Å². The van der Waals surface area contributed by atoms with Gasteiger partial charge in [0.15, 0.2) is 0 Å². The Balaban J connectivity index is 1.86. The van der Waals surface area contributed by atoms with E-state index in [1.807, 2.05) is 63.2 Å². The van der Waals surface area contributed by atoms with Crippen molar-refractivity contribution in [3.63, 3.8) is 0 Å². The second-order valence-corrected chi connectivity index (χ2v) is 7.55. The van der Waals surface area contributed by atoms with Gasteiger partial charge in [-0.25, -0.2) is 4.39 Å². The van der Waals surface area contributed by atoms with Crippen molar-refractivity contribution >= 4 is 17.7 Å². The van der Waals surface area contributed by atoms with Crippen LogP contribution in [0.5, 0.6) is 5.75 Å². The van der Waals surface area contributed by atoms with Gasteiger partial charge in [0.05, 0.1) is 6.61 Å². The Morgan fingerprint density at radius 1 is 1.12 bits per heavy atom. The zero-order valence-corrected chi connectivity index (χ0v) is 18.4. The predicted molar refractivity (Wildman–Crippen MR) is 125 cm³/mol. The van der Waals surface area contributed by atoms with Gasteiger partial charge in [0.2, 0.25) is 0 Å². The van der Waals surface area contributed by atoms with Crippen molar-refractivity contribution < 1.29 is 13.9 Å². The van der Waals surface area contributed by atoms with E-state index in [9.17, 15) is 14.4 Å². The fourth-order valence-electron chi connectivity index (χ4n) is 3.34. The van der Waals surface area contributed by atoms with Crippen LogP contribution in [0.1, 0.15) is 34.7 Å². The van der Waals surface area contributed by atoms with Gasteiger partial charge in [0.25, 0.3) is 5.91 Å². The number of ether oxygens (including phenoxy) is 1. The van der Waals surface area contributed by atoms with E-state index < -0.39 is 5.91 Å². The number of nitrogens with one attached hydrogen (secondary N) is 1. The molecule has 0 saturated heterocycles. The Kier molecular flexibility index (Phi) is 7.41. The summed E-state index contributed by atoms with van der Waals surface area (Å²) in [5, 5.41) is 12.4. The number of benzene rings is 3. The summed E-state index contributed by atoms with van der Waals surface area (Å²) in [7, 11) is 0. The van der Waals surface area contributed by atoms with Crippen LogP contribution in [0.4, 0.5) is 10.1 Å². The first kappa shape index (κ1) is 22.8. The van der Waals surface area contributed by atoms with Crippen molar-refractivity contribution in [2.45, 2.75) is 27.2 Å². The lowest BCUT2D eigenvalue weighted by molar-refractivity contribution is -0.112. The van der Waals surface area contributed by atoms with Crippen molar-refractivity contribution in [1.82, 2.24) is 0 Å². The Morgan fingerprint density at radius 3 is 2.66 bits per heavy atom. The molecule has 3 rings (SSSR count). The smallest absolute Gasteiger partial charge is 0.266 e. The normalized spacial score (nSPS) is 11.0. The highest BCUT2D eigenvalue weighted by molar-refractivity contribution is 6.10. The first-order chi connectivity index (χ1) is 15.4. The van der Waals surface area contributed by atoms with Crippen LogP contribution in [-0.2, 0) is 11.2 Å². The molecule has 162 valence electrons.